The van der Waals surface area contributed by atoms with Gasteiger partial charge >= 0.3 is 0 Å². The van der Waals surface area contributed by atoms with Crippen LogP contribution < -0.4 is 5.73 Å². The lowest BCUT2D eigenvalue weighted by Crippen LogP contribution is -2.48. The Morgan fingerprint density at radius 2 is 1.61 bits per heavy atom. The van der Waals surface area contributed by atoms with E-state index in [0.717, 1.165) is 5.56 Å². The molecular formula is C21H21F3N2O2. The highest BCUT2D eigenvalue weighted by atomic mass is 19.1. The predicted molar refractivity (Wildman–Crippen MR) is 98.1 cm³/mol. The number of hydrogen-bond acceptors (Lipinski definition) is 3. The fraction of sp³-hybridized carbons (Fsp3) is 0.333. The molecule has 7 heteroatoms. The maximum atomic E-state index is 13.9. The van der Waals surface area contributed by atoms with Crippen molar-refractivity contribution in [1.82, 2.24) is 4.90 Å². The number of ketones is 1. The average molecular weight is 390 g/mol. The van der Waals surface area contributed by atoms with Crippen molar-refractivity contribution in [3.05, 3.63) is 71.0 Å². The van der Waals surface area contributed by atoms with E-state index in [1.54, 1.807) is 4.90 Å². The van der Waals surface area contributed by atoms with Gasteiger partial charge in [0.25, 0.3) is 0 Å². The van der Waals surface area contributed by atoms with Gasteiger partial charge in [0.05, 0.1) is 11.6 Å². The van der Waals surface area contributed by atoms with E-state index in [9.17, 15) is 22.8 Å². The Morgan fingerprint density at radius 1 is 1.04 bits per heavy atom. The normalized spacial score (nSPS) is 16.1. The van der Waals surface area contributed by atoms with Crippen LogP contribution in [0.4, 0.5) is 13.2 Å². The molecule has 1 aliphatic heterocycles. The molecule has 1 fully saturated rings. The molecule has 1 amide bonds. The maximum absolute atomic E-state index is 13.9. The third-order valence-electron chi connectivity index (χ3n) is 5.05. The van der Waals surface area contributed by atoms with E-state index in [0.29, 0.717) is 18.6 Å². The van der Waals surface area contributed by atoms with Crippen molar-refractivity contribution in [3.8, 4) is 0 Å². The van der Waals surface area contributed by atoms with E-state index >= 15 is 0 Å². The third kappa shape index (κ3) is 4.42. The number of benzene rings is 2. The molecule has 1 heterocycles. The Bertz CT molecular complexity index is 842. The van der Waals surface area contributed by atoms with Gasteiger partial charge in [-0.25, -0.2) is 13.2 Å². The van der Waals surface area contributed by atoms with Crippen LogP contribution >= 0.6 is 0 Å². The summed E-state index contributed by atoms with van der Waals surface area (Å²) in [6.07, 6.45) is 0.961. The van der Waals surface area contributed by atoms with E-state index in [-0.39, 0.29) is 31.8 Å². The highest BCUT2D eigenvalue weighted by Gasteiger charge is 2.32. The van der Waals surface area contributed by atoms with Crippen LogP contribution in [0.2, 0.25) is 0 Å². The molecule has 0 aromatic heterocycles. The largest absolute Gasteiger partial charge is 0.341 e. The molecule has 0 radical (unpaired) electrons. The maximum Gasteiger partial charge on any atom is 0.239 e. The van der Waals surface area contributed by atoms with Gasteiger partial charge in [-0.15, -0.1) is 0 Å². The van der Waals surface area contributed by atoms with Crippen molar-refractivity contribution in [1.29, 1.82) is 0 Å². The SMILES string of the molecule is N[C@@H](Cc1ccccc1)C(=O)N1CCC(C(=O)c2c(F)cc(F)cc2F)CC1. The van der Waals surface area contributed by atoms with Crippen LogP contribution in [0.15, 0.2) is 42.5 Å². The molecule has 2 aromatic carbocycles. The molecule has 0 bridgehead atoms. The number of Topliss-reactive ketones (excluding diaryl/α,β-unsaturated/α-hetero) is 1. The van der Waals surface area contributed by atoms with Crippen molar-refractivity contribution in [2.45, 2.75) is 25.3 Å². The second-order valence-corrected chi connectivity index (χ2v) is 7.00. The first-order chi connectivity index (χ1) is 13.4. The van der Waals surface area contributed by atoms with Gasteiger partial charge in [0, 0.05) is 31.1 Å². The fourth-order valence-corrected chi connectivity index (χ4v) is 3.53. The predicted octanol–water partition coefficient (Wildman–Crippen LogP) is 3.10. The molecule has 4 nitrogen and oxygen atoms in total. The van der Waals surface area contributed by atoms with Crippen LogP contribution in [0.5, 0.6) is 0 Å². The number of hydrogen-bond donors (Lipinski definition) is 1. The first-order valence-corrected chi connectivity index (χ1v) is 9.14. The molecule has 148 valence electrons. The number of amides is 1. The van der Waals surface area contributed by atoms with Crippen molar-refractivity contribution in [3.63, 3.8) is 0 Å². The van der Waals surface area contributed by atoms with E-state index in [2.05, 4.69) is 0 Å². The van der Waals surface area contributed by atoms with Gasteiger partial charge in [-0.3, -0.25) is 9.59 Å². The van der Waals surface area contributed by atoms with Crippen molar-refractivity contribution >= 4 is 11.7 Å². The van der Waals surface area contributed by atoms with Gasteiger partial charge in [-0.05, 0) is 24.8 Å². The molecule has 1 saturated heterocycles. The molecule has 1 aliphatic rings. The smallest absolute Gasteiger partial charge is 0.239 e. The van der Waals surface area contributed by atoms with E-state index < -0.39 is 40.8 Å². The monoisotopic (exact) mass is 390 g/mol. The minimum atomic E-state index is -1.20. The number of likely N-dealkylation sites (tertiary alicyclic amines) is 1. The lowest BCUT2D eigenvalue weighted by atomic mass is 9.88. The summed E-state index contributed by atoms with van der Waals surface area (Å²) in [6.45, 7) is 0.560. The number of rotatable bonds is 5. The minimum absolute atomic E-state index is 0.214. The van der Waals surface area contributed by atoms with E-state index in [4.69, 9.17) is 5.73 Å². The van der Waals surface area contributed by atoms with Gasteiger partial charge in [0.1, 0.15) is 17.5 Å². The number of halogens is 3. The second-order valence-electron chi connectivity index (χ2n) is 7.00. The zero-order chi connectivity index (χ0) is 20.3. The summed E-state index contributed by atoms with van der Waals surface area (Å²) in [7, 11) is 0. The first kappa shape index (κ1) is 20.1. The van der Waals surface area contributed by atoms with Crippen LogP contribution in [-0.2, 0) is 11.2 Å². The second kappa shape index (κ2) is 8.56. The van der Waals surface area contributed by atoms with Crippen LogP contribution in [0, 0.1) is 23.4 Å². The molecular weight excluding hydrogens is 369 g/mol. The van der Waals surface area contributed by atoms with Crippen LogP contribution in [0.1, 0.15) is 28.8 Å². The summed E-state index contributed by atoms with van der Waals surface area (Å²) in [5, 5.41) is 0. The number of carbonyl (C=O) groups excluding carboxylic acids is 2. The number of carbonyl (C=O) groups is 2. The molecule has 0 saturated carbocycles. The van der Waals surface area contributed by atoms with Gasteiger partial charge < -0.3 is 10.6 Å². The Labute approximate surface area is 161 Å². The van der Waals surface area contributed by atoms with Gasteiger partial charge in [-0.1, -0.05) is 30.3 Å². The Kier molecular flexibility index (Phi) is 6.14. The Hall–Kier alpha value is -2.67. The molecule has 1 atom stereocenters. The van der Waals surface area contributed by atoms with Crippen molar-refractivity contribution in [2.75, 3.05) is 13.1 Å². The summed E-state index contributed by atoms with van der Waals surface area (Å²) in [6, 6.07) is 9.71. The van der Waals surface area contributed by atoms with Crippen LogP contribution in [0.3, 0.4) is 0 Å². The number of piperidine rings is 1. The summed E-state index contributed by atoms with van der Waals surface area (Å²) in [5.74, 6) is -5.01. The molecule has 2 aromatic rings. The zero-order valence-corrected chi connectivity index (χ0v) is 15.2. The summed E-state index contributed by atoms with van der Waals surface area (Å²) in [4.78, 5) is 26.6. The molecule has 3 rings (SSSR count). The third-order valence-corrected chi connectivity index (χ3v) is 5.05. The molecule has 0 spiro atoms. The summed E-state index contributed by atoms with van der Waals surface area (Å²) >= 11 is 0. The Morgan fingerprint density at radius 3 is 2.18 bits per heavy atom. The van der Waals surface area contributed by atoms with Crippen LogP contribution in [-0.4, -0.2) is 35.7 Å². The molecule has 0 unspecified atom stereocenters. The lowest BCUT2D eigenvalue weighted by Gasteiger charge is -2.33. The molecule has 2 N–H and O–H groups in total. The summed E-state index contributed by atoms with van der Waals surface area (Å²) < 4.78 is 40.7. The van der Waals surface area contributed by atoms with Gasteiger partial charge in [0.15, 0.2) is 5.78 Å². The van der Waals surface area contributed by atoms with Crippen molar-refractivity contribution in [2.24, 2.45) is 11.7 Å². The highest BCUT2D eigenvalue weighted by molar-refractivity contribution is 5.98. The van der Waals surface area contributed by atoms with Crippen molar-refractivity contribution < 1.29 is 22.8 Å². The molecule has 0 aliphatic carbocycles. The average Bonchev–Trinajstić information content (AvgIpc) is 2.67. The molecule has 28 heavy (non-hydrogen) atoms. The number of nitrogens with zero attached hydrogens (tertiary/aromatic N) is 1. The van der Waals surface area contributed by atoms with Gasteiger partial charge in [0.2, 0.25) is 5.91 Å². The first-order valence-electron chi connectivity index (χ1n) is 9.14. The minimum Gasteiger partial charge on any atom is -0.341 e. The fourth-order valence-electron chi connectivity index (χ4n) is 3.53. The zero-order valence-electron chi connectivity index (χ0n) is 15.2. The topological polar surface area (TPSA) is 63.4 Å². The highest BCUT2D eigenvalue weighted by Crippen LogP contribution is 2.25. The van der Waals surface area contributed by atoms with E-state index in [1.807, 2.05) is 30.3 Å². The number of nitrogens with two attached hydrogens (primary N) is 1. The Balaban J connectivity index is 1.59. The van der Waals surface area contributed by atoms with Crippen LogP contribution in [0.25, 0.3) is 0 Å². The standard InChI is InChI=1S/C21H21F3N2O2/c22-15-11-16(23)19(17(24)12-15)20(27)14-6-8-26(9-7-14)21(28)18(25)10-13-4-2-1-3-5-13/h1-5,11-12,14,18H,6-10,25H2/t18-/m0/s1. The van der Waals surface area contributed by atoms with E-state index in [1.165, 1.54) is 0 Å². The lowest BCUT2D eigenvalue weighted by molar-refractivity contribution is -0.133. The quantitative estimate of drug-likeness (QED) is 0.798. The van der Waals surface area contributed by atoms with Gasteiger partial charge in [-0.2, -0.15) is 0 Å². The summed E-state index contributed by atoms with van der Waals surface area (Å²) in [5.41, 5.74) is 6.27.